The molecule has 25 heavy (non-hydrogen) atoms. The van der Waals surface area contributed by atoms with Crippen LogP contribution in [0.2, 0.25) is 0 Å². The Kier molecular flexibility index (Phi) is 5.06. The van der Waals surface area contributed by atoms with Crippen LogP contribution in [-0.4, -0.2) is 28.6 Å². The predicted molar refractivity (Wildman–Crippen MR) is 98.8 cm³/mol. The number of aromatic nitrogens is 1. The average Bonchev–Trinajstić information content (AvgIpc) is 3.07. The number of hydrogen-bond donors (Lipinski definition) is 1. The zero-order valence-electron chi connectivity index (χ0n) is 13.9. The maximum atomic E-state index is 10.2. The molecule has 0 fully saturated rings. The van der Waals surface area contributed by atoms with Gasteiger partial charge in [0.15, 0.2) is 5.58 Å². The number of rotatable bonds is 6. The van der Waals surface area contributed by atoms with E-state index in [-0.39, 0.29) is 6.10 Å². The van der Waals surface area contributed by atoms with Crippen LogP contribution in [0.15, 0.2) is 58.2 Å². The van der Waals surface area contributed by atoms with E-state index in [1.54, 1.807) is 0 Å². The second-order valence-electron chi connectivity index (χ2n) is 6.33. The Labute approximate surface area is 151 Å². The number of para-hydroxylation sites is 2. The third-order valence-corrected chi connectivity index (χ3v) is 5.45. The number of benzene rings is 2. The molecule has 130 valence electrons. The third-order valence-electron chi connectivity index (χ3n) is 4.48. The standard InChI is InChI=1S/C20H21NO3S/c22-15(13-25-20-21-17-9-3-4-10-19(17)24-20)12-23-18-11-5-7-14-6-1-2-8-16(14)18/h1-4,6,8-10,15,18,22H,5,7,11-13H2/t15-,18-/m1/s1. The van der Waals surface area contributed by atoms with Crippen molar-refractivity contribution in [3.8, 4) is 0 Å². The van der Waals surface area contributed by atoms with Gasteiger partial charge in [-0.15, -0.1) is 0 Å². The molecule has 4 rings (SSSR count). The molecule has 0 saturated heterocycles. The van der Waals surface area contributed by atoms with Crippen LogP contribution in [0.4, 0.5) is 0 Å². The molecule has 0 bridgehead atoms. The van der Waals surface area contributed by atoms with Crippen molar-refractivity contribution in [2.45, 2.75) is 36.7 Å². The van der Waals surface area contributed by atoms with E-state index in [1.807, 2.05) is 24.3 Å². The van der Waals surface area contributed by atoms with Gasteiger partial charge in [-0.05, 0) is 42.5 Å². The molecule has 0 saturated carbocycles. The van der Waals surface area contributed by atoms with E-state index >= 15 is 0 Å². The summed E-state index contributed by atoms with van der Waals surface area (Å²) in [5.41, 5.74) is 4.26. The van der Waals surface area contributed by atoms with E-state index in [0.29, 0.717) is 17.6 Å². The number of aryl methyl sites for hydroxylation is 1. The zero-order chi connectivity index (χ0) is 17.1. The lowest BCUT2D eigenvalue weighted by Crippen LogP contribution is -2.22. The van der Waals surface area contributed by atoms with Gasteiger partial charge in [0.05, 0.1) is 18.8 Å². The number of aliphatic hydroxyl groups is 1. The Morgan fingerprint density at radius 2 is 2.04 bits per heavy atom. The van der Waals surface area contributed by atoms with E-state index in [4.69, 9.17) is 9.15 Å². The Hall–Kier alpha value is -1.82. The molecular formula is C20H21NO3S. The fourth-order valence-corrected chi connectivity index (χ4v) is 3.98. The molecular weight excluding hydrogens is 334 g/mol. The Bertz CT molecular complexity index is 815. The Balaban J connectivity index is 1.30. The van der Waals surface area contributed by atoms with Crippen molar-refractivity contribution in [1.82, 2.24) is 4.98 Å². The fourth-order valence-electron chi connectivity index (χ4n) is 3.24. The second-order valence-corrected chi connectivity index (χ2v) is 7.30. The Morgan fingerprint density at radius 3 is 2.96 bits per heavy atom. The first kappa shape index (κ1) is 16.6. The normalized spacial score (nSPS) is 18.2. The van der Waals surface area contributed by atoms with Crippen molar-refractivity contribution in [3.05, 3.63) is 59.7 Å². The van der Waals surface area contributed by atoms with Crippen LogP contribution in [0, 0.1) is 0 Å². The van der Waals surface area contributed by atoms with Crippen molar-refractivity contribution < 1.29 is 14.3 Å². The molecule has 0 amide bonds. The van der Waals surface area contributed by atoms with Crippen LogP contribution in [-0.2, 0) is 11.2 Å². The highest BCUT2D eigenvalue weighted by atomic mass is 32.2. The van der Waals surface area contributed by atoms with Gasteiger partial charge in [-0.1, -0.05) is 48.2 Å². The van der Waals surface area contributed by atoms with Crippen LogP contribution in [0.1, 0.15) is 30.1 Å². The molecule has 4 nitrogen and oxygen atoms in total. The summed E-state index contributed by atoms with van der Waals surface area (Å²) in [6, 6.07) is 16.1. The number of oxazole rings is 1. The predicted octanol–water partition coefficient (Wildman–Crippen LogP) is 4.38. The van der Waals surface area contributed by atoms with E-state index in [0.717, 1.165) is 30.4 Å². The summed E-state index contributed by atoms with van der Waals surface area (Å²) in [6.07, 6.45) is 2.81. The van der Waals surface area contributed by atoms with Gasteiger partial charge >= 0.3 is 0 Å². The maximum Gasteiger partial charge on any atom is 0.256 e. The van der Waals surface area contributed by atoms with Crippen LogP contribution >= 0.6 is 11.8 Å². The second kappa shape index (κ2) is 7.60. The quantitative estimate of drug-likeness (QED) is 0.665. The number of hydrogen-bond acceptors (Lipinski definition) is 5. The van der Waals surface area contributed by atoms with Gasteiger partial charge in [0.25, 0.3) is 5.22 Å². The van der Waals surface area contributed by atoms with Crippen molar-refractivity contribution in [3.63, 3.8) is 0 Å². The molecule has 0 radical (unpaired) electrons. The SMILES string of the molecule is O[C@H](CO[C@@H]1CCCc2ccccc21)CSc1nc2ccccc2o1. The summed E-state index contributed by atoms with van der Waals surface area (Å²) in [5.74, 6) is 0.501. The van der Waals surface area contributed by atoms with E-state index in [9.17, 15) is 5.11 Å². The van der Waals surface area contributed by atoms with E-state index in [1.165, 1.54) is 22.9 Å². The molecule has 2 atom stereocenters. The molecule has 1 N–H and O–H groups in total. The van der Waals surface area contributed by atoms with Gasteiger partial charge in [0.2, 0.25) is 0 Å². The molecule has 0 spiro atoms. The van der Waals surface area contributed by atoms with E-state index in [2.05, 4.69) is 29.2 Å². The topological polar surface area (TPSA) is 55.5 Å². The van der Waals surface area contributed by atoms with Gasteiger partial charge in [-0.3, -0.25) is 0 Å². The monoisotopic (exact) mass is 355 g/mol. The minimum absolute atomic E-state index is 0.0916. The molecule has 3 aromatic rings. The van der Waals surface area contributed by atoms with Crippen LogP contribution in [0.25, 0.3) is 11.1 Å². The average molecular weight is 355 g/mol. The largest absolute Gasteiger partial charge is 0.431 e. The third kappa shape index (κ3) is 3.89. The lowest BCUT2D eigenvalue weighted by molar-refractivity contribution is -0.00963. The molecule has 1 aromatic heterocycles. The number of thioether (sulfide) groups is 1. The number of fused-ring (bicyclic) bond motifs is 2. The van der Waals surface area contributed by atoms with Crippen molar-refractivity contribution >= 4 is 22.9 Å². The summed E-state index contributed by atoms with van der Waals surface area (Å²) in [5, 5.41) is 10.8. The van der Waals surface area contributed by atoms with Gasteiger partial charge < -0.3 is 14.3 Å². The van der Waals surface area contributed by atoms with Crippen molar-refractivity contribution in [1.29, 1.82) is 0 Å². The summed E-state index contributed by atoms with van der Waals surface area (Å²) >= 11 is 1.42. The van der Waals surface area contributed by atoms with Gasteiger partial charge in [0, 0.05) is 5.75 Å². The highest BCUT2D eigenvalue weighted by molar-refractivity contribution is 7.99. The lowest BCUT2D eigenvalue weighted by atomic mass is 9.89. The molecule has 1 heterocycles. The summed E-state index contributed by atoms with van der Waals surface area (Å²) in [6.45, 7) is 0.326. The lowest BCUT2D eigenvalue weighted by Gasteiger charge is -2.26. The van der Waals surface area contributed by atoms with Crippen LogP contribution in [0.5, 0.6) is 0 Å². The van der Waals surface area contributed by atoms with Gasteiger partial charge in [-0.2, -0.15) is 0 Å². The number of nitrogens with zero attached hydrogens (tertiary/aromatic N) is 1. The highest BCUT2D eigenvalue weighted by Gasteiger charge is 2.21. The molecule has 5 heteroatoms. The smallest absolute Gasteiger partial charge is 0.256 e. The number of ether oxygens (including phenoxy) is 1. The van der Waals surface area contributed by atoms with Crippen molar-refractivity contribution in [2.75, 3.05) is 12.4 Å². The first-order chi connectivity index (χ1) is 12.3. The molecule has 0 unspecified atom stereocenters. The van der Waals surface area contributed by atoms with Crippen molar-refractivity contribution in [2.24, 2.45) is 0 Å². The summed E-state index contributed by atoms with van der Waals surface area (Å²) < 4.78 is 11.7. The minimum atomic E-state index is -0.547. The molecule has 2 aromatic carbocycles. The number of aliphatic hydroxyl groups excluding tert-OH is 1. The maximum absolute atomic E-state index is 10.2. The van der Waals surface area contributed by atoms with Gasteiger partial charge in [0.1, 0.15) is 5.52 Å². The van der Waals surface area contributed by atoms with Gasteiger partial charge in [-0.25, -0.2) is 4.98 Å². The van der Waals surface area contributed by atoms with E-state index < -0.39 is 6.10 Å². The fraction of sp³-hybridized carbons (Fsp3) is 0.350. The first-order valence-corrected chi connectivity index (χ1v) is 9.64. The summed E-state index contributed by atoms with van der Waals surface area (Å²) in [4.78, 5) is 4.41. The van der Waals surface area contributed by atoms with Crippen LogP contribution < -0.4 is 0 Å². The summed E-state index contributed by atoms with van der Waals surface area (Å²) in [7, 11) is 0. The Morgan fingerprint density at radius 1 is 1.20 bits per heavy atom. The highest BCUT2D eigenvalue weighted by Crippen LogP contribution is 2.32. The molecule has 1 aliphatic carbocycles. The van der Waals surface area contributed by atoms with Crippen LogP contribution in [0.3, 0.4) is 0 Å². The molecule has 1 aliphatic rings. The first-order valence-electron chi connectivity index (χ1n) is 8.65. The molecule has 0 aliphatic heterocycles. The minimum Gasteiger partial charge on any atom is -0.431 e. The zero-order valence-corrected chi connectivity index (χ0v) is 14.7.